The van der Waals surface area contributed by atoms with E-state index in [2.05, 4.69) is 10.3 Å². The molecule has 0 bridgehead atoms. The van der Waals surface area contributed by atoms with E-state index >= 15 is 0 Å². The number of nitrogens with zero attached hydrogens (tertiary/aromatic N) is 3. The van der Waals surface area contributed by atoms with Crippen molar-refractivity contribution in [1.82, 2.24) is 4.98 Å². The summed E-state index contributed by atoms with van der Waals surface area (Å²) in [5, 5.41) is 12.4. The van der Waals surface area contributed by atoms with E-state index in [0.29, 0.717) is 10.9 Å². The summed E-state index contributed by atoms with van der Waals surface area (Å²) < 4.78 is 28.3. The maximum Gasteiger partial charge on any atom is 0.257 e. The molecular weight excluding hydrogens is 370 g/mol. The topological polar surface area (TPSA) is 69.0 Å². The summed E-state index contributed by atoms with van der Waals surface area (Å²) in [4.78, 5) is 18.5. The number of amides is 1. The maximum atomic E-state index is 14.2. The minimum absolute atomic E-state index is 0.0139. The van der Waals surface area contributed by atoms with Crippen LogP contribution in [0, 0.1) is 23.0 Å². The monoisotopic (exact) mass is 388 g/mol. The van der Waals surface area contributed by atoms with Crippen LogP contribution in [0.2, 0.25) is 0 Å². The molecule has 0 saturated heterocycles. The molecule has 1 aliphatic rings. The average molecular weight is 388 g/mol. The Balaban J connectivity index is 1.97. The summed E-state index contributed by atoms with van der Waals surface area (Å²) in [5.74, 6) is -1.87. The third-order valence-corrected chi connectivity index (χ3v) is 4.96. The molecule has 0 unspecified atom stereocenters. The predicted octanol–water partition coefficient (Wildman–Crippen LogP) is 4.15. The first-order valence-electron chi connectivity index (χ1n) is 8.32. The van der Waals surface area contributed by atoms with Crippen LogP contribution in [0.3, 0.4) is 0 Å². The zero-order chi connectivity index (χ0) is 19.7. The van der Waals surface area contributed by atoms with Gasteiger partial charge in [-0.05, 0) is 37.3 Å². The summed E-state index contributed by atoms with van der Waals surface area (Å²) in [6, 6.07) is 5.73. The van der Waals surface area contributed by atoms with E-state index in [1.54, 1.807) is 12.3 Å². The highest BCUT2D eigenvalue weighted by molar-refractivity contribution is 7.98. The van der Waals surface area contributed by atoms with Crippen LogP contribution in [-0.4, -0.2) is 31.2 Å². The Hall–Kier alpha value is -2.66. The van der Waals surface area contributed by atoms with Gasteiger partial charge >= 0.3 is 0 Å². The summed E-state index contributed by atoms with van der Waals surface area (Å²) in [5.41, 5.74) is 0.894. The number of pyridine rings is 1. The van der Waals surface area contributed by atoms with E-state index in [4.69, 9.17) is 0 Å². The fourth-order valence-corrected chi connectivity index (χ4v) is 3.38. The van der Waals surface area contributed by atoms with Gasteiger partial charge in [-0.3, -0.25) is 4.79 Å². The fourth-order valence-electron chi connectivity index (χ4n) is 2.83. The first-order chi connectivity index (χ1) is 12.8. The molecule has 1 amide bonds. The van der Waals surface area contributed by atoms with Crippen molar-refractivity contribution in [2.24, 2.45) is 0 Å². The van der Waals surface area contributed by atoms with Crippen molar-refractivity contribution >= 4 is 29.0 Å². The molecule has 1 aromatic carbocycles. The van der Waals surface area contributed by atoms with Crippen LogP contribution in [0.4, 0.5) is 20.2 Å². The third-order valence-electron chi connectivity index (χ3n) is 4.27. The van der Waals surface area contributed by atoms with Crippen molar-refractivity contribution in [3.63, 3.8) is 0 Å². The van der Waals surface area contributed by atoms with Gasteiger partial charge in [0.05, 0.1) is 11.1 Å². The van der Waals surface area contributed by atoms with Crippen molar-refractivity contribution in [3.05, 3.63) is 46.7 Å². The van der Waals surface area contributed by atoms with Gasteiger partial charge in [-0.2, -0.15) is 5.26 Å². The summed E-state index contributed by atoms with van der Waals surface area (Å²) >= 11 is 1.29. The number of nitriles is 1. The Morgan fingerprint density at radius 3 is 2.41 bits per heavy atom. The largest absolute Gasteiger partial charge is 0.373 e. The highest BCUT2D eigenvalue weighted by Gasteiger charge is 2.28. The minimum atomic E-state index is -0.783. The number of hydrogen-bond acceptors (Lipinski definition) is 5. The van der Waals surface area contributed by atoms with Crippen LogP contribution in [0.15, 0.2) is 23.2 Å². The Morgan fingerprint density at radius 2 is 1.93 bits per heavy atom. The molecule has 1 heterocycles. The van der Waals surface area contributed by atoms with Gasteiger partial charge in [0.25, 0.3) is 5.91 Å². The number of thioether (sulfide) groups is 1. The minimum Gasteiger partial charge on any atom is -0.373 e. The lowest BCUT2D eigenvalue weighted by molar-refractivity contribution is 0.102. The standard InChI is InChI=1S/C19H18F2N4OS/c1-25(2)17-14(20)6-11(7-15(17)21)23-18(26)12-8-16(10-4-5-10)24-19(27-3)13(12)9-22/h6-8,10H,4-5H2,1-3H3,(H,23,26). The Labute approximate surface area is 160 Å². The molecule has 5 nitrogen and oxygen atoms in total. The highest BCUT2D eigenvalue weighted by Crippen LogP contribution is 2.40. The number of nitrogens with one attached hydrogen (secondary N) is 1. The Morgan fingerprint density at radius 1 is 1.30 bits per heavy atom. The molecule has 0 radical (unpaired) electrons. The van der Waals surface area contributed by atoms with E-state index in [0.717, 1.165) is 30.7 Å². The number of carbonyl (C=O) groups excluding carboxylic acids is 1. The zero-order valence-electron chi connectivity index (χ0n) is 15.1. The van der Waals surface area contributed by atoms with Gasteiger partial charge in [0.1, 0.15) is 16.8 Å². The quantitative estimate of drug-likeness (QED) is 0.780. The fraction of sp³-hybridized carbons (Fsp3) is 0.316. The number of aromatic nitrogens is 1. The first-order valence-corrected chi connectivity index (χ1v) is 9.55. The molecule has 1 fully saturated rings. The van der Waals surface area contributed by atoms with Gasteiger partial charge in [-0.1, -0.05) is 0 Å². The van der Waals surface area contributed by atoms with E-state index in [-0.39, 0.29) is 22.5 Å². The number of benzene rings is 1. The number of halogens is 2. The molecule has 27 heavy (non-hydrogen) atoms. The van der Waals surface area contributed by atoms with Gasteiger partial charge in [-0.25, -0.2) is 13.8 Å². The van der Waals surface area contributed by atoms with Gasteiger partial charge in [-0.15, -0.1) is 11.8 Å². The Kier molecular flexibility index (Phi) is 5.33. The summed E-state index contributed by atoms with van der Waals surface area (Å²) in [6.07, 6.45) is 3.78. The molecule has 0 atom stereocenters. The molecule has 3 rings (SSSR count). The second-order valence-electron chi connectivity index (χ2n) is 6.50. The first kappa shape index (κ1) is 19.1. The summed E-state index contributed by atoms with van der Waals surface area (Å²) in [6.45, 7) is 0. The number of rotatable bonds is 5. The van der Waals surface area contributed by atoms with E-state index in [9.17, 15) is 18.8 Å². The van der Waals surface area contributed by atoms with E-state index in [1.165, 1.54) is 30.8 Å². The second kappa shape index (κ2) is 7.53. The van der Waals surface area contributed by atoms with Crippen LogP contribution in [0.1, 0.15) is 40.4 Å². The smallest absolute Gasteiger partial charge is 0.257 e. The van der Waals surface area contributed by atoms with Crippen LogP contribution < -0.4 is 10.2 Å². The van der Waals surface area contributed by atoms with Gasteiger partial charge in [0.15, 0.2) is 11.6 Å². The molecule has 1 N–H and O–H groups in total. The van der Waals surface area contributed by atoms with E-state index < -0.39 is 17.5 Å². The van der Waals surface area contributed by atoms with Gasteiger partial charge in [0.2, 0.25) is 0 Å². The Bertz CT molecular complexity index is 928. The second-order valence-corrected chi connectivity index (χ2v) is 7.30. The van der Waals surface area contributed by atoms with Crippen molar-refractivity contribution < 1.29 is 13.6 Å². The maximum absolute atomic E-state index is 14.2. The lowest BCUT2D eigenvalue weighted by Crippen LogP contribution is -2.17. The third kappa shape index (κ3) is 3.88. The highest BCUT2D eigenvalue weighted by atomic mass is 32.2. The lowest BCUT2D eigenvalue weighted by Gasteiger charge is -2.16. The molecule has 1 aliphatic carbocycles. The van der Waals surface area contributed by atoms with Crippen LogP contribution in [0.25, 0.3) is 0 Å². The van der Waals surface area contributed by atoms with Crippen molar-refractivity contribution in [2.45, 2.75) is 23.8 Å². The van der Waals surface area contributed by atoms with Crippen LogP contribution >= 0.6 is 11.8 Å². The molecule has 0 spiro atoms. The molecule has 140 valence electrons. The molecule has 1 saturated carbocycles. The summed E-state index contributed by atoms with van der Waals surface area (Å²) in [7, 11) is 3.05. The molecule has 2 aromatic rings. The van der Waals surface area contributed by atoms with Crippen LogP contribution in [0.5, 0.6) is 0 Å². The van der Waals surface area contributed by atoms with Crippen molar-refractivity contribution in [3.8, 4) is 6.07 Å². The van der Waals surface area contributed by atoms with Crippen molar-refractivity contribution in [1.29, 1.82) is 5.26 Å². The van der Waals surface area contributed by atoms with Gasteiger partial charge in [0, 0.05) is 31.4 Å². The lowest BCUT2D eigenvalue weighted by atomic mass is 10.1. The number of hydrogen-bond donors (Lipinski definition) is 1. The molecular formula is C19H18F2N4OS. The molecule has 0 aliphatic heterocycles. The molecule has 1 aromatic heterocycles. The average Bonchev–Trinajstić information content (AvgIpc) is 3.44. The van der Waals surface area contributed by atoms with E-state index in [1.807, 2.05) is 6.07 Å². The SMILES string of the molecule is CSc1nc(C2CC2)cc(C(=O)Nc2cc(F)c(N(C)C)c(F)c2)c1C#N. The predicted molar refractivity (Wildman–Crippen MR) is 101 cm³/mol. The number of carbonyl (C=O) groups is 1. The normalized spacial score (nSPS) is 13.2. The number of anilines is 2. The van der Waals surface area contributed by atoms with Crippen molar-refractivity contribution in [2.75, 3.05) is 30.6 Å². The molecule has 8 heteroatoms. The van der Waals surface area contributed by atoms with Crippen LogP contribution in [-0.2, 0) is 0 Å². The zero-order valence-corrected chi connectivity index (χ0v) is 16.0. The van der Waals surface area contributed by atoms with Gasteiger partial charge < -0.3 is 10.2 Å².